The van der Waals surface area contributed by atoms with E-state index in [1.54, 1.807) is 0 Å². The highest BCUT2D eigenvalue weighted by atomic mass is 32.1. The summed E-state index contributed by atoms with van der Waals surface area (Å²) in [5.41, 5.74) is 0.117. The largest absolute Gasteiger partial charge is 0.377 e. The predicted molar refractivity (Wildman–Crippen MR) is 69.1 cm³/mol. The van der Waals surface area contributed by atoms with Gasteiger partial charge in [-0.05, 0) is 50.6 Å². The molecule has 1 saturated carbocycles. The third-order valence-electron chi connectivity index (χ3n) is 3.85. The van der Waals surface area contributed by atoms with Gasteiger partial charge in [0.2, 0.25) is 0 Å². The molecule has 1 unspecified atom stereocenters. The maximum Gasteiger partial charge on any atom is 0.0831 e. The molecule has 1 N–H and O–H groups in total. The minimum atomic E-state index is 0.117. The molecular weight excluding hydrogens is 218 g/mol. The highest BCUT2D eigenvalue weighted by Gasteiger charge is 2.43. The third-order valence-corrected chi connectivity index (χ3v) is 4.79. The van der Waals surface area contributed by atoms with Crippen molar-refractivity contribution in [2.45, 2.75) is 43.7 Å². The summed E-state index contributed by atoms with van der Waals surface area (Å²) in [4.78, 5) is 1.48. The smallest absolute Gasteiger partial charge is 0.0831 e. The van der Waals surface area contributed by atoms with Gasteiger partial charge in [0.05, 0.1) is 5.60 Å². The first-order valence-corrected chi connectivity index (χ1v) is 6.93. The fraction of sp³-hybridized carbons (Fsp3) is 0.692. The summed E-state index contributed by atoms with van der Waals surface area (Å²) in [5.74, 6) is 0. The van der Waals surface area contributed by atoms with Gasteiger partial charge in [-0.25, -0.2) is 0 Å². The lowest BCUT2D eigenvalue weighted by molar-refractivity contribution is -0.0983. The van der Waals surface area contributed by atoms with Crippen LogP contribution in [-0.2, 0) is 11.2 Å². The number of hydrogen-bond acceptors (Lipinski definition) is 3. The Kier molecular flexibility index (Phi) is 4.00. The van der Waals surface area contributed by atoms with E-state index in [1.807, 2.05) is 18.4 Å². The first-order valence-electron chi connectivity index (χ1n) is 6.05. The van der Waals surface area contributed by atoms with Crippen LogP contribution in [0.25, 0.3) is 0 Å². The van der Waals surface area contributed by atoms with E-state index in [0.29, 0.717) is 6.04 Å². The maximum absolute atomic E-state index is 5.74. The second kappa shape index (κ2) is 5.30. The fourth-order valence-electron chi connectivity index (χ4n) is 2.63. The van der Waals surface area contributed by atoms with Gasteiger partial charge in [-0.15, -0.1) is 11.3 Å². The van der Waals surface area contributed by atoms with Gasteiger partial charge in [-0.1, -0.05) is 6.07 Å². The van der Waals surface area contributed by atoms with Crippen LogP contribution in [0.2, 0.25) is 0 Å². The van der Waals surface area contributed by atoms with Gasteiger partial charge in [0.1, 0.15) is 0 Å². The molecule has 2 rings (SSSR count). The third kappa shape index (κ3) is 2.31. The Labute approximate surface area is 102 Å². The van der Waals surface area contributed by atoms with Crippen molar-refractivity contribution in [3.05, 3.63) is 22.4 Å². The van der Waals surface area contributed by atoms with Crippen LogP contribution in [-0.4, -0.2) is 25.8 Å². The van der Waals surface area contributed by atoms with E-state index < -0.39 is 0 Å². The summed E-state index contributed by atoms with van der Waals surface area (Å²) in [6.07, 6.45) is 6.06. The molecule has 1 heterocycles. The molecule has 1 aromatic heterocycles. The van der Waals surface area contributed by atoms with Crippen molar-refractivity contribution in [3.63, 3.8) is 0 Å². The van der Waals surface area contributed by atoms with Crippen LogP contribution in [0.4, 0.5) is 0 Å². The van der Waals surface area contributed by atoms with Crippen molar-refractivity contribution in [2.75, 3.05) is 14.2 Å². The second-order valence-corrected chi connectivity index (χ2v) is 5.61. The van der Waals surface area contributed by atoms with E-state index in [4.69, 9.17) is 4.74 Å². The SMILES string of the molecule is CNC(CCc1cccs1)C1(OC)CCC1. The van der Waals surface area contributed by atoms with Crippen molar-refractivity contribution >= 4 is 11.3 Å². The molecule has 1 aliphatic carbocycles. The number of thiophene rings is 1. The molecular formula is C13H21NOS. The van der Waals surface area contributed by atoms with Gasteiger partial charge in [-0.3, -0.25) is 0 Å². The lowest BCUT2D eigenvalue weighted by Crippen LogP contribution is -2.55. The first kappa shape index (κ1) is 12.1. The van der Waals surface area contributed by atoms with Gasteiger partial charge < -0.3 is 10.1 Å². The van der Waals surface area contributed by atoms with Crippen LogP contribution >= 0.6 is 11.3 Å². The molecule has 0 aliphatic heterocycles. The van der Waals surface area contributed by atoms with Crippen LogP contribution < -0.4 is 5.32 Å². The molecule has 90 valence electrons. The van der Waals surface area contributed by atoms with Crippen LogP contribution in [0, 0.1) is 0 Å². The quantitative estimate of drug-likeness (QED) is 0.824. The Morgan fingerprint density at radius 1 is 1.56 bits per heavy atom. The van der Waals surface area contributed by atoms with Crippen LogP contribution in [0.5, 0.6) is 0 Å². The van der Waals surface area contributed by atoms with E-state index in [0.717, 1.165) is 6.42 Å². The standard InChI is InChI=1S/C13H21NOS/c1-14-12(13(15-2)8-4-9-13)7-6-11-5-3-10-16-11/h3,5,10,12,14H,4,6-9H2,1-2H3. The van der Waals surface area contributed by atoms with E-state index in [1.165, 1.54) is 30.6 Å². The number of aryl methyl sites for hydroxylation is 1. The normalized spacial score (nSPS) is 20.4. The van der Waals surface area contributed by atoms with Crippen LogP contribution in [0.15, 0.2) is 17.5 Å². The van der Waals surface area contributed by atoms with E-state index >= 15 is 0 Å². The molecule has 0 aromatic carbocycles. The number of hydrogen-bond donors (Lipinski definition) is 1. The Hall–Kier alpha value is -0.380. The van der Waals surface area contributed by atoms with Crippen molar-refractivity contribution in [3.8, 4) is 0 Å². The van der Waals surface area contributed by atoms with E-state index in [9.17, 15) is 0 Å². The molecule has 1 atom stereocenters. The Balaban J connectivity index is 1.90. The molecule has 1 aromatic rings. The Morgan fingerprint density at radius 3 is 2.81 bits per heavy atom. The summed E-state index contributed by atoms with van der Waals surface area (Å²) in [6.45, 7) is 0. The van der Waals surface area contributed by atoms with Crippen LogP contribution in [0.1, 0.15) is 30.6 Å². The molecule has 0 bridgehead atoms. The van der Waals surface area contributed by atoms with Crippen molar-refractivity contribution in [2.24, 2.45) is 0 Å². The highest BCUT2D eigenvalue weighted by molar-refractivity contribution is 7.09. The van der Waals surface area contributed by atoms with Gasteiger partial charge in [-0.2, -0.15) is 0 Å². The van der Waals surface area contributed by atoms with Crippen molar-refractivity contribution < 1.29 is 4.74 Å². The summed E-state index contributed by atoms with van der Waals surface area (Å²) in [5, 5.41) is 5.59. The molecule has 1 aliphatic rings. The Bertz CT molecular complexity index is 300. The molecule has 0 amide bonds. The summed E-state index contributed by atoms with van der Waals surface area (Å²) in [7, 11) is 3.91. The number of methoxy groups -OCH3 is 1. The van der Waals surface area contributed by atoms with E-state index in [-0.39, 0.29) is 5.60 Å². The molecule has 0 saturated heterocycles. The highest BCUT2D eigenvalue weighted by Crippen LogP contribution is 2.39. The molecule has 16 heavy (non-hydrogen) atoms. The zero-order chi connectivity index (χ0) is 11.4. The molecule has 0 radical (unpaired) electrons. The fourth-order valence-corrected chi connectivity index (χ4v) is 3.36. The molecule has 0 spiro atoms. The summed E-state index contributed by atoms with van der Waals surface area (Å²) >= 11 is 1.85. The summed E-state index contributed by atoms with van der Waals surface area (Å²) in [6, 6.07) is 4.84. The lowest BCUT2D eigenvalue weighted by Gasteiger charge is -2.46. The van der Waals surface area contributed by atoms with E-state index in [2.05, 4.69) is 29.9 Å². The lowest BCUT2D eigenvalue weighted by atomic mass is 9.73. The first-order chi connectivity index (χ1) is 7.80. The van der Waals surface area contributed by atoms with Gasteiger partial charge >= 0.3 is 0 Å². The second-order valence-electron chi connectivity index (χ2n) is 4.58. The average molecular weight is 239 g/mol. The zero-order valence-electron chi connectivity index (χ0n) is 10.2. The molecule has 2 nitrogen and oxygen atoms in total. The topological polar surface area (TPSA) is 21.3 Å². The monoisotopic (exact) mass is 239 g/mol. The summed E-state index contributed by atoms with van der Waals surface area (Å²) < 4.78 is 5.74. The van der Waals surface area contributed by atoms with Crippen LogP contribution in [0.3, 0.4) is 0 Å². The number of nitrogens with one attached hydrogen (secondary N) is 1. The predicted octanol–water partition coefficient (Wildman–Crippen LogP) is 2.84. The number of rotatable bonds is 6. The van der Waals surface area contributed by atoms with Crippen molar-refractivity contribution in [1.82, 2.24) is 5.32 Å². The minimum absolute atomic E-state index is 0.117. The minimum Gasteiger partial charge on any atom is -0.377 e. The average Bonchev–Trinajstić information content (AvgIpc) is 2.74. The number of ether oxygens (including phenoxy) is 1. The number of likely N-dealkylation sites (N-methyl/N-ethyl adjacent to an activating group) is 1. The molecule has 1 fully saturated rings. The maximum atomic E-state index is 5.74. The van der Waals surface area contributed by atoms with Gasteiger partial charge in [0, 0.05) is 18.0 Å². The Morgan fingerprint density at radius 2 is 2.38 bits per heavy atom. The van der Waals surface area contributed by atoms with Gasteiger partial charge in [0.25, 0.3) is 0 Å². The molecule has 3 heteroatoms. The van der Waals surface area contributed by atoms with Gasteiger partial charge in [0.15, 0.2) is 0 Å². The zero-order valence-corrected chi connectivity index (χ0v) is 11.0. The van der Waals surface area contributed by atoms with Crippen molar-refractivity contribution in [1.29, 1.82) is 0 Å².